The van der Waals surface area contributed by atoms with Crippen LogP contribution in [0.5, 0.6) is 0 Å². The smallest absolute Gasteiger partial charge is 0.322 e. The van der Waals surface area contributed by atoms with E-state index in [2.05, 4.69) is 11.6 Å². The van der Waals surface area contributed by atoms with E-state index < -0.39 is 22.2 Å². The van der Waals surface area contributed by atoms with Crippen LogP contribution in [0, 0.1) is 11.8 Å². The number of hydrogen-bond donors (Lipinski definition) is 2. The van der Waals surface area contributed by atoms with Crippen molar-refractivity contribution in [1.29, 1.82) is 0 Å². The van der Waals surface area contributed by atoms with Crippen LogP contribution in [-0.4, -0.2) is 42.9 Å². The topological polar surface area (TPSA) is 86.7 Å². The standard InChI is InChI=1S/C12H24N2O4S/c1-4-10(3)11(12(15)16)13-19(17,18)14-7-5-9(2)6-8-14/h9-11,13H,4-8H2,1-3H3,(H,15,16)/t10?,11-/m0/s1. The van der Waals surface area contributed by atoms with Gasteiger partial charge in [-0.2, -0.15) is 17.4 Å². The first-order valence-corrected chi connectivity index (χ1v) is 8.22. The van der Waals surface area contributed by atoms with E-state index in [1.54, 1.807) is 6.92 Å². The van der Waals surface area contributed by atoms with Crippen LogP contribution >= 0.6 is 0 Å². The summed E-state index contributed by atoms with van der Waals surface area (Å²) in [7, 11) is -3.70. The summed E-state index contributed by atoms with van der Waals surface area (Å²) in [5.74, 6) is -0.837. The van der Waals surface area contributed by atoms with Crippen LogP contribution in [0.2, 0.25) is 0 Å². The second-order valence-electron chi connectivity index (χ2n) is 5.41. The Kier molecular flexibility index (Phi) is 5.76. The van der Waals surface area contributed by atoms with Crippen LogP contribution in [0.1, 0.15) is 40.0 Å². The summed E-state index contributed by atoms with van der Waals surface area (Å²) >= 11 is 0. The maximum atomic E-state index is 12.2. The second kappa shape index (κ2) is 6.67. The van der Waals surface area contributed by atoms with Gasteiger partial charge in [0.05, 0.1) is 0 Å². The highest BCUT2D eigenvalue weighted by Crippen LogP contribution is 2.19. The third-order valence-electron chi connectivity index (χ3n) is 3.84. The van der Waals surface area contributed by atoms with E-state index in [1.807, 2.05) is 6.92 Å². The molecule has 0 aliphatic carbocycles. The van der Waals surface area contributed by atoms with Gasteiger partial charge in [0.25, 0.3) is 10.2 Å². The summed E-state index contributed by atoms with van der Waals surface area (Å²) in [6.45, 7) is 6.60. The monoisotopic (exact) mass is 292 g/mol. The zero-order valence-electron chi connectivity index (χ0n) is 11.8. The third kappa shape index (κ3) is 4.43. The Morgan fingerprint density at radius 3 is 2.37 bits per heavy atom. The number of hydrogen-bond acceptors (Lipinski definition) is 3. The molecule has 0 amide bonds. The first-order chi connectivity index (χ1) is 8.77. The van der Waals surface area contributed by atoms with Gasteiger partial charge in [0.2, 0.25) is 0 Å². The fourth-order valence-corrected chi connectivity index (χ4v) is 3.60. The highest BCUT2D eigenvalue weighted by atomic mass is 32.2. The molecule has 1 aliphatic heterocycles. The Morgan fingerprint density at radius 1 is 1.42 bits per heavy atom. The number of aliphatic carboxylic acids is 1. The minimum atomic E-state index is -3.70. The Morgan fingerprint density at radius 2 is 1.95 bits per heavy atom. The van der Waals surface area contributed by atoms with Gasteiger partial charge in [-0.05, 0) is 24.7 Å². The lowest BCUT2D eigenvalue weighted by atomic mass is 10.0. The summed E-state index contributed by atoms with van der Waals surface area (Å²) in [6, 6.07) is -1.06. The molecule has 2 atom stereocenters. The molecule has 0 aromatic rings. The van der Waals surface area contributed by atoms with Gasteiger partial charge in [0.15, 0.2) is 0 Å². The molecule has 0 bridgehead atoms. The zero-order chi connectivity index (χ0) is 14.6. The number of carboxylic acid groups (broad SMARTS) is 1. The molecule has 1 heterocycles. The molecule has 2 N–H and O–H groups in total. The molecule has 19 heavy (non-hydrogen) atoms. The van der Waals surface area contributed by atoms with Gasteiger partial charge in [-0.25, -0.2) is 0 Å². The normalized spacial score (nSPS) is 22.1. The lowest BCUT2D eigenvalue weighted by Crippen LogP contribution is -2.52. The first kappa shape index (κ1) is 16.4. The molecule has 0 aromatic carbocycles. The van der Waals surface area contributed by atoms with E-state index in [4.69, 9.17) is 5.11 Å². The maximum Gasteiger partial charge on any atom is 0.322 e. The molecule has 0 aromatic heterocycles. The molecule has 1 saturated heterocycles. The van der Waals surface area contributed by atoms with Crippen molar-refractivity contribution in [3.63, 3.8) is 0 Å². The van der Waals surface area contributed by atoms with Gasteiger partial charge in [0.1, 0.15) is 6.04 Å². The first-order valence-electron chi connectivity index (χ1n) is 6.78. The summed E-state index contributed by atoms with van der Waals surface area (Å²) in [4.78, 5) is 11.2. The van der Waals surface area contributed by atoms with Crippen LogP contribution in [0.15, 0.2) is 0 Å². The summed E-state index contributed by atoms with van der Waals surface area (Å²) in [5.41, 5.74) is 0. The molecular weight excluding hydrogens is 268 g/mol. The van der Waals surface area contributed by atoms with Crippen LogP contribution in [0.25, 0.3) is 0 Å². The largest absolute Gasteiger partial charge is 0.480 e. The SMILES string of the molecule is CCC(C)[C@H](NS(=O)(=O)N1CCC(C)CC1)C(=O)O. The van der Waals surface area contributed by atoms with Crippen LogP contribution in [0.3, 0.4) is 0 Å². The Hall–Kier alpha value is -0.660. The lowest BCUT2D eigenvalue weighted by molar-refractivity contribution is -0.140. The minimum absolute atomic E-state index is 0.240. The molecule has 7 heteroatoms. The van der Waals surface area contributed by atoms with E-state index in [9.17, 15) is 13.2 Å². The molecule has 6 nitrogen and oxygen atoms in total. The average Bonchev–Trinajstić information content (AvgIpc) is 2.35. The molecule has 1 fully saturated rings. The number of nitrogens with one attached hydrogen (secondary N) is 1. The predicted molar refractivity (Wildman–Crippen MR) is 72.9 cm³/mol. The van der Waals surface area contributed by atoms with Gasteiger partial charge in [-0.1, -0.05) is 27.2 Å². The Labute approximate surface area is 115 Å². The van der Waals surface area contributed by atoms with E-state index in [0.29, 0.717) is 25.4 Å². The van der Waals surface area contributed by atoms with Crippen molar-refractivity contribution < 1.29 is 18.3 Å². The fourth-order valence-electron chi connectivity index (χ4n) is 2.11. The number of carboxylic acids is 1. The predicted octanol–water partition coefficient (Wildman–Crippen LogP) is 1.05. The van der Waals surface area contributed by atoms with Crippen LogP contribution in [-0.2, 0) is 15.0 Å². The second-order valence-corrected chi connectivity index (χ2v) is 7.11. The van der Waals surface area contributed by atoms with Crippen molar-refractivity contribution in [2.75, 3.05) is 13.1 Å². The van der Waals surface area contributed by atoms with E-state index in [1.165, 1.54) is 4.31 Å². The zero-order valence-corrected chi connectivity index (χ0v) is 12.6. The van der Waals surface area contributed by atoms with E-state index in [-0.39, 0.29) is 5.92 Å². The van der Waals surface area contributed by atoms with Gasteiger partial charge in [-0.15, -0.1) is 0 Å². The van der Waals surface area contributed by atoms with Crippen molar-refractivity contribution >= 4 is 16.2 Å². The van der Waals surface area contributed by atoms with Gasteiger partial charge in [0, 0.05) is 13.1 Å². The highest BCUT2D eigenvalue weighted by Gasteiger charge is 2.33. The van der Waals surface area contributed by atoms with Crippen LogP contribution < -0.4 is 4.72 Å². The number of rotatable bonds is 6. The van der Waals surface area contributed by atoms with Crippen molar-refractivity contribution in [1.82, 2.24) is 9.03 Å². The Bertz CT molecular complexity index is 402. The molecule has 0 radical (unpaired) electrons. The highest BCUT2D eigenvalue weighted by molar-refractivity contribution is 7.87. The minimum Gasteiger partial charge on any atom is -0.480 e. The quantitative estimate of drug-likeness (QED) is 0.766. The van der Waals surface area contributed by atoms with Crippen molar-refractivity contribution in [2.45, 2.75) is 46.1 Å². The average molecular weight is 292 g/mol. The molecule has 1 aliphatic rings. The molecule has 112 valence electrons. The molecule has 1 rings (SSSR count). The maximum absolute atomic E-state index is 12.2. The van der Waals surface area contributed by atoms with Crippen LogP contribution in [0.4, 0.5) is 0 Å². The van der Waals surface area contributed by atoms with E-state index in [0.717, 1.165) is 12.8 Å². The lowest BCUT2D eigenvalue weighted by Gasteiger charge is -2.31. The molecule has 0 saturated carbocycles. The summed E-state index contributed by atoms with van der Waals surface area (Å²) in [6.07, 6.45) is 2.25. The fraction of sp³-hybridized carbons (Fsp3) is 0.917. The van der Waals surface area contributed by atoms with Crippen molar-refractivity contribution in [3.05, 3.63) is 0 Å². The van der Waals surface area contributed by atoms with E-state index >= 15 is 0 Å². The Balaban J connectivity index is 2.74. The summed E-state index contributed by atoms with van der Waals surface area (Å²) in [5, 5.41) is 9.13. The van der Waals surface area contributed by atoms with Gasteiger partial charge in [-0.3, -0.25) is 4.79 Å². The van der Waals surface area contributed by atoms with Crippen molar-refractivity contribution in [3.8, 4) is 0 Å². The molecular formula is C12H24N2O4S. The molecule has 0 spiro atoms. The third-order valence-corrected chi connectivity index (χ3v) is 5.43. The summed E-state index contributed by atoms with van der Waals surface area (Å²) < 4.78 is 28.0. The van der Waals surface area contributed by atoms with Crippen molar-refractivity contribution in [2.24, 2.45) is 11.8 Å². The number of carbonyl (C=O) groups is 1. The van der Waals surface area contributed by atoms with Gasteiger partial charge >= 0.3 is 5.97 Å². The number of nitrogens with zero attached hydrogens (tertiary/aromatic N) is 1. The number of piperidine rings is 1. The van der Waals surface area contributed by atoms with Gasteiger partial charge < -0.3 is 5.11 Å². The molecule has 1 unspecified atom stereocenters.